The monoisotopic (exact) mass is 597 g/mol. The summed E-state index contributed by atoms with van der Waals surface area (Å²) >= 11 is 0. The molecule has 42 heavy (non-hydrogen) atoms. The van der Waals surface area contributed by atoms with Gasteiger partial charge in [0.25, 0.3) is 0 Å². The van der Waals surface area contributed by atoms with Crippen LogP contribution in [0.15, 0.2) is 0 Å². The number of unbranched alkanes of at least 4 members (excludes halogenated alkanes) is 15. The highest BCUT2D eigenvalue weighted by Crippen LogP contribution is 2.14. The first-order valence-electron chi connectivity index (χ1n) is 16.3. The number of nitrogens with one attached hydrogen (secondary N) is 2. The summed E-state index contributed by atoms with van der Waals surface area (Å²) in [5.41, 5.74) is 5.43. The maximum atomic E-state index is 12.3. The maximum absolute atomic E-state index is 12.3. The predicted octanol–water partition coefficient (Wildman–Crippen LogP) is 5.50. The second-order valence-corrected chi connectivity index (χ2v) is 12.0. The van der Waals surface area contributed by atoms with Crippen LogP contribution >= 0.6 is 0 Å². The van der Waals surface area contributed by atoms with Gasteiger partial charge < -0.3 is 26.6 Å². The topological polar surface area (TPSA) is 176 Å². The Bertz CT molecular complexity index is 773. The first kappa shape index (κ1) is 39.5. The Labute approximate surface area is 253 Å². The van der Waals surface area contributed by atoms with Crippen LogP contribution in [0.4, 0.5) is 0 Å². The molecule has 10 nitrogen and oxygen atoms in total. The van der Waals surface area contributed by atoms with E-state index in [2.05, 4.69) is 10.6 Å². The van der Waals surface area contributed by atoms with Crippen molar-refractivity contribution >= 4 is 29.5 Å². The van der Waals surface area contributed by atoms with E-state index in [9.17, 15) is 29.1 Å². The third-order valence-corrected chi connectivity index (χ3v) is 7.47. The molecule has 0 aromatic carbocycles. The average molecular weight is 598 g/mol. The first-order valence-corrected chi connectivity index (χ1v) is 16.3. The number of carbonyl (C=O) groups is 5. The van der Waals surface area contributed by atoms with E-state index in [0.29, 0.717) is 19.3 Å². The number of rotatable bonds is 29. The molecule has 0 aliphatic rings. The van der Waals surface area contributed by atoms with Crippen LogP contribution < -0.4 is 16.4 Å². The Morgan fingerprint density at radius 1 is 0.571 bits per heavy atom. The summed E-state index contributed by atoms with van der Waals surface area (Å²) in [5.74, 6) is -2.71. The van der Waals surface area contributed by atoms with Crippen LogP contribution in [0.2, 0.25) is 0 Å². The lowest BCUT2D eigenvalue weighted by atomic mass is 9.99. The highest BCUT2D eigenvalue weighted by atomic mass is 16.4. The fourth-order valence-electron chi connectivity index (χ4n) is 4.99. The van der Waals surface area contributed by atoms with Gasteiger partial charge in [-0.15, -0.1) is 0 Å². The Balaban J connectivity index is 3.82. The van der Waals surface area contributed by atoms with E-state index in [-0.39, 0.29) is 43.4 Å². The van der Waals surface area contributed by atoms with E-state index < -0.39 is 29.9 Å². The molecule has 0 rings (SSSR count). The molecule has 0 radical (unpaired) electrons. The zero-order valence-corrected chi connectivity index (χ0v) is 26.3. The number of amides is 2. The third-order valence-electron chi connectivity index (χ3n) is 7.47. The zero-order valence-electron chi connectivity index (χ0n) is 26.3. The van der Waals surface area contributed by atoms with E-state index in [1.54, 1.807) is 0 Å². The second kappa shape index (κ2) is 26.2. The fraction of sp³-hybridized carbons (Fsp3) is 0.844. The molecule has 0 spiro atoms. The van der Waals surface area contributed by atoms with Crippen LogP contribution in [0.5, 0.6) is 0 Å². The molecule has 0 aliphatic heterocycles. The SMILES string of the molecule is CC(C)C[C@H](NC(=O)CC[C@H](NC(=O)CCCCCCCCCCCCCCCCCCC(=O)O)C(=O)O)C(=O)CN. The van der Waals surface area contributed by atoms with Crippen LogP contribution in [0.25, 0.3) is 0 Å². The maximum Gasteiger partial charge on any atom is 0.326 e. The summed E-state index contributed by atoms with van der Waals surface area (Å²) < 4.78 is 0. The predicted molar refractivity (Wildman–Crippen MR) is 165 cm³/mol. The van der Waals surface area contributed by atoms with Crippen molar-refractivity contribution in [2.45, 2.75) is 161 Å². The second-order valence-electron chi connectivity index (χ2n) is 12.0. The van der Waals surface area contributed by atoms with Crippen LogP contribution in [0.3, 0.4) is 0 Å². The Hall–Kier alpha value is -2.49. The minimum absolute atomic E-state index is 0.0473. The van der Waals surface area contributed by atoms with E-state index >= 15 is 0 Å². The molecule has 0 saturated carbocycles. The van der Waals surface area contributed by atoms with Crippen LogP contribution in [-0.4, -0.2) is 58.4 Å². The third kappa shape index (κ3) is 24.1. The summed E-state index contributed by atoms with van der Waals surface area (Å²) in [7, 11) is 0. The number of carboxylic acid groups (broad SMARTS) is 2. The summed E-state index contributed by atoms with van der Waals surface area (Å²) in [4.78, 5) is 58.6. The number of hydrogen-bond donors (Lipinski definition) is 5. The van der Waals surface area contributed by atoms with Gasteiger partial charge >= 0.3 is 11.9 Å². The molecule has 0 aliphatic carbocycles. The Morgan fingerprint density at radius 3 is 1.33 bits per heavy atom. The summed E-state index contributed by atoms with van der Waals surface area (Å²) in [5, 5.41) is 23.3. The van der Waals surface area contributed by atoms with Gasteiger partial charge in [-0.3, -0.25) is 19.2 Å². The lowest BCUT2D eigenvalue weighted by Gasteiger charge is -2.20. The minimum atomic E-state index is -1.18. The van der Waals surface area contributed by atoms with Gasteiger partial charge in [0.1, 0.15) is 6.04 Å². The standard InChI is InChI=1S/C32H59N3O7/c1-25(2)23-27(28(36)24-33)35-30(38)22-21-26(32(41)42)34-29(37)19-17-15-13-11-9-7-5-3-4-6-8-10-12-14-16-18-20-31(39)40/h25-27H,3-24,33H2,1-2H3,(H,34,37)(H,35,38)(H,39,40)(H,41,42)/t26-,27-/m0/s1. The van der Waals surface area contributed by atoms with Crippen molar-refractivity contribution in [3.8, 4) is 0 Å². The lowest BCUT2D eigenvalue weighted by Crippen LogP contribution is -2.45. The largest absolute Gasteiger partial charge is 0.481 e. The minimum Gasteiger partial charge on any atom is -0.481 e. The van der Waals surface area contributed by atoms with Gasteiger partial charge in [-0.05, 0) is 31.6 Å². The molecule has 0 bridgehead atoms. The normalized spacial score (nSPS) is 12.6. The highest BCUT2D eigenvalue weighted by Gasteiger charge is 2.24. The number of Topliss-reactive ketones (excluding diaryl/α,β-unsaturated/α-hetero) is 1. The van der Waals surface area contributed by atoms with Gasteiger partial charge in [0, 0.05) is 19.3 Å². The molecular formula is C32H59N3O7. The number of hydrogen-bond acceptors (Lipinski definition) is 6. The smallest absolute Gasteiger partial charge is 0.326 e. The molecule has 0 saturated heterocycles. The van der Waals surface area contributed by atoms with E-state index in [0.717, 1.165) is 38.5 Å². The molecule has 0 aromatic heterocycles. The molecule has 0 fully saturated rings. The molecular weight excluding hydrogens is 538 g/mol. The number of ketones is 1. The van der Waals surface area contributed by atoms with Gasteiger partial charge in [0.15, 0.2) is 5.78 Å². The van der Waals surface area contributed by atoms with Crippen molar-refractivity contribution in [1.82, 2.24) is 10.6 Å². The molecule has 6 N–H and O–H groups in total. The number of aliphatic carboxylic acids is 2. The van der Waals surface area contributed by atoms with Crippen LogP contribution in [-0.2, 0) is 24.0 Å². The molecule has 2 amide bonds. The Kier molecular flexibility index (Phi) is 24.6. The van der Waals surface area contributed by atoms with Crippen molar-refractivity contribution in [3.63, 3.8) is 0 Å². The van der Waals surface area contributed by atoms with Crippen molar-refractivity contribution in [2.24, 2.45) is 11.7 Å². The van der Waals surface area contributed by atoms with E-state index in [1.807, 2.05) is 13.8 Å². The summed E-state index contributed by atoms with van der Waals surface area (Å²) in [6.45, 7) is 3.70. The summed E-state index contributed by atoms with van der Waals surface area (Å²) in [6, 6.07) is -1.83. The number of carboxylic acids is 2. The average Bonchev–Trinajstić information content (AvgIpc) is 2.93. The number of carbonyl (C=O) groups excluding carboxylic acids is 3. The molecule has 0 unspecified atom stereocenters. The molecule has 2 atom stereocenters. The zero-order chi connectivity index (χ0) is 31.6. The summed E-state index contributed by atoms with van der Waals surface area (Å²) in [6.07, 6.45) is 18.9. The molecule has 0 aromatic rings. The molecule has 0 heterocycles. The molecule has 244 valence electrons. The number of nitrogens with two attached hydrogens (primary N) is 1. The van der Waals surface area contributed by atoms with Crippen molar-refractivity contribution in [2.75, 3.05) is 6.54 Å². The van der Waals surface area contributed by atoms with Crippen molar-refractivity contribution < 1.29 is 34.2 Å². The van der Waals surface area contributed by atoms with E-state index in [4.69, 9.17) is 10.8 Å². The van der Waals surface area contributed by atoms with Crippen LogP contribution in [0, 0.1) is 5.92 Å². The van der Waals surface area contributed by atoms with Gasteiger partial charge in [-0.1, -0.05) is 104 Å². The van der Waals surface area contributed by atoms with Crippen molar-refractivity contribution in [3.05, 3.63) is 0 Å². The molecule has 10 heteroatoms. The van der Waals surface area contributed by atoms with Gasteiger partial charge in [0.05, 0.1) is 12.6 Å². The van der Waals surface area contributed by atoms with Crippen LogP contribution in [0.1, 0.15) is 149 Å². The Morgan fingerprint density at radius 2 is 0.952 bits per heavy atom. The fourth-order valence-corrected chi connectivity index (χ4v) is 4.99. The lowest BCUT2D eigenvalue weighted by molar-refractivity contribution is -0.142. The van der Waals surface area contributed by atoms with Crippen molar-refractivity contribution in [1.29, 1.82) is 0 Å². The first-order chi connectivity index (χ1) is 20.1. The quantitative estimate of drug-likeness (QED) is 0.0702. The van der Waals surface area contributed by atoms with Gasteiger partial charge in [-0.2, -0.15) is 0 Å². The highest BCUT2D eigenvalue weighted by molar-refractivity contribution is 5.90. The van der Waals surface area contributed by atoms with E-state index in [1.165, 1.54) is 57.8 Å². The van der Waals surface area contributed by atoms with Gasteiger partial charge in [0.2, 0.25) is 11.8 Å². The van der Waals surface area contributed by atoms with Gasteiger partial charge in [-0.25, -0.2) is 4.79 Å².